The molecule has 0 aliphatic rings. The second-order valence-corrected chi connectivity index (χ2v) is 11.2. The molecule has 2 rings (SSSR count). The number of nitrogens with two attached hydrogens (primary N) is 2. The Morgan fingerprint density at radius 1 is 1.23 bits per heavy atom. The molecular formula is C15H21N7O4S4. The van der Waals surface area contributed by atoms with Gasteiger partial charge >= 0.3 is 0 Å². The third-order valence-electron chi connectivity index (χ3n) is 3.15. The summed E-state index contributed by atoms with van der Waals surface area (Å²) in [6.45, 7) is 0.412. The monoisotopic (exact) mass is 491 g/mol. The van der Waals surface area contributed by atoms with Crippen LogP contribution in [0.15, 0.2) is 44.5 Å². The first-order valence-electron chi connectivity index (χ1n) is 8.25. The fraction of sp³-hybridized carbons (Fsp3) is 0.267. The summed E-state index contributed by atoms with van der Waals surface area (Å²) in [7, 11) is -7.22. The highest BCUT2D eigenvalue weighted by molar-refractivity contribution is 7.98. The topological polar surface area (TPSA) is 182 Å². The largest absolute Gasteiger partial charge is 0.370 e. The van der Waals surface area contributed by atoms with Crippen molar-refractivity contribution in [3.8, 4) is 0 Å². The van der Waals surface area contributed by atoms with E-state index in [4.69, 9.17) is 11.5 Å². The van der Waals surface area contributed by atoms with E-state index in [1.165, 1.54) is 35.6 Å². The molecule has 0 spiro atoms. The van der Waals surface area contributed by atoms with Gasteiger partial charge in [-0.15, -0.1) is 11.3 Å². The third-order valence-corrected chi connectivity index (χ3v) is 6.82. The summed E-state index contributed by atoms with van der Waals surface area (Å²) in [6, 6.07) is 5.31. The summed E-state index contributed by atoms with van der Waals surface area (Å²) in [5.74, 6) is 1.28. The molecule has 1 aromatic heterocycles. The minimum atomic E-state index is -3.79. The molecule has 0 amide bonds. The van der Waals surface area contributed by atoms with E-state index in [2.05, 4.69) is 24.4 Å². The number of nitrogens with one attached hydrogen (secondary N) is 2. The summed E-state index contributed by atoms with van der Waals surface area (Å²) < 4.78 is 51.3. The number of hydrogen-bond acceptors (Lipinski definition) is 9. The molecule has 15 heteroatoms. The first-order valence-corrected chi connectivity index (χ1v) is 13.7. The number of hydrogen-bond donors (Lipinski definition) is 4. The standard InChI is InChI=1S/C15H21N7O4S4/c1-29(23,24)22-11-2-4-13(5-3-11)30(25,26)19-10-18-6-7-27-8-12-9-28-15(20-12)21-14(16)17/h2-5,9-10,22H,6-8H2,1H3,(H,18,19)(H4,16,17,20,21). The van der Waals surface area contributed by atoms with Gasteiger partial charge in [-0.3, -0.25) is 14.4 Å². The Kier molecular flexibility index (Phi) is 8.45. The van der Waals surface area contributed by atoms with E-state index in [1.54, 1.807) is 11.8 Å². The predicted octanol–water partition coefficient (Wildman–Crippen LogP) is 0.660. The Bertz CT molecular complexity index is 1110. The Hall–Kier alpha value is -2.36. The van der Waals surface area contributed by atoms with Crippen molar-refractivity contribution in [2.24, 2.45) is 21.5 Å². The van der Waals surface area contributed by atoms with Crippen molar-refractivity contribution < 1.29 is 16.8 Å². The number of aliphatic imine (C=N–C) groups is 2. The van der Waals surface area contributed by atoms with Crippen molar-refractivity contribution in [3.05, 3.63) is 35.3 Å². The van der Waals surface area contributed by atoms with Crippen LogP contribution in [0.2, 0.25) is 0 Å². The van der Waals surface area contributed by atoms with Crippen molar-refractivity contribution in [2.75, 3.05) is 23.3 Å². The summed E-state index contributed by atoms with van der Waals surface area (Å²) in [5.41, 5.74) is 11.7. The van der Waals surface area contributed by atoms with E-state index in [-0.39, 0.29) is 16.5 Å². The van der Waals surface area contributed by atoms with Crippen LogP contribution in [0.5, 0.6) is 0 Å². The number of sulfonamides is 2. The maximum Gasteiger partial charge on any atom is 0.262 e. The van der Waals surface area contributed by atoms with Crippen molar-refractivity contribution in [1.29, 1.82) is 0 Å². The van der Waals surface area contributed by atoms with Crippen LogP contribution < -0.4 is 20.9 Å². The lowest BCUT2D eigenvalue weighted by molar-refractivity contribution is 0.593. The van der Waals surface area contributed by atoms with Gasteiger partial charge < -0.3 is 11.5 Å². The van der Waals surface area contributed by atoms with E-state index in [0.29, 0.717) is 23.2 Å². The molecule has 1 aromatic carbocycles. The lowest BCUT2D eigenvalue weighted by Gasteiger charge is -2.06. The second kappa shape index (κ2) is 10.6. The smallest absolute Gasteiger partial charge is 0.262 e. The number of rotatable bonds is 11. The Morgan fingerprint density at radius 3 is 2.57 bits per heavy atom. The fourth-order valence-electron chi connectivity index (χ4n) is 1.97. The summed E-state index contributed by atoms with van der Waals surface area (Å²) in [5, 5.41) is 2.36. The van der Waals surface area contributed by atoms with Crippen LogP contribution in [-0.4, -0.2) is 52.7 Å². The molecule has 0 aliphatic carbocycles. The van der Waals surface area contributed by atoms with Gasteiger partial charge in [0.2, 0.25) is 15.2 Å². The third kappa shape index (κ3) is 8.56. The highest BCUT2D eigenvalue weighted by Gasteiger charge is 2.12. The first-order chi connectivity index (χ1) is 14.0. The molecule has 2 aromatic rings. The summed E-state index contributed by atoms with van der Waals surface area (Å²) in [4.78, 5) is 12.1. The van der Waals surface area contributed by atoms with Gasteiger partial charge in [0, 0.05) is 29.1 Å². The van der Waals surface area contributed by atoms with Crippen LogP contribution in [0.3, 0.4) is 0 Å². The van der Waals surface area contributed by atoms with Gasteiger partial charge in [-0.25, -0.2) is 21.8 Å². The zero-order valence-electron chi connectivity index (χ0n) is 15.8. The number of anilines is 1. The maximum absolute atomic E-state index is 12.2. The van der Waals surface area contributed by atoms with Crippen LogP contribution in [0.4, 0.5) is 10.8 Å². The van der Waals surface area contributed by atoms with Crippen molar-refractivity contribution in [2.45, 2.75) is 10.6 Å². The quantitative estimate of drug-likeness (QED) is 0.201. The number of thioether (sulfide) groups is 1. The fourth-order valence-corrected chi connectivity index (χ4v) is 4.93. The van der Waals surface area contributed by atoms with Gasteiger partial charge in [-0.2, -0.15) is 16.8 Å². The van der Waals surface area contributed by atoms with Crippen LogP contribution >= 0.6 is 23.1 Å². The minimum Gasteiger partial charge on any atom is -0.370 e. The predicted molar refractivity (Wildman–Crippen MR) is 122 cm³/mol. The van der Waals surface area contributed by atoms with Crippen molar-refractivity contribution >= 4 is 66.3 Å². The molecule has 0 saturated heterocycles. The molecule has 0 aliphatic heterocycles. The normalized spacial score (nSPS) is 12.0. The van der Waals surface area contributed by atoms with Gasteiger partial charge in [0.1, 0.15) is 0 Å². The second-order valence-electron chi connectivity index (χ2n) is 5.77. The van der Waals surface area contributed by atoms with Crippen LogP contribution in [-0.2, 0) is 25.8 Å². The van der Waals surface area contributed by atoms with E-state index in [1.807, 2.05) is 5.38 Å². The molecule has 0 radical (unpaired) electrons. The van der Waals surface area contributed by atoms with Crippen LogP contribution in [0.1, 0.15) is 5.69 Å². The van der Waals surface area contributed by atoms with Gasteiger partial charge in [0.05, 0.1) is 23.2 Å². The average molecular weight is 492 g/mol. The highest BCUT2D eigenvalue weighted by atomic mass is 32.2. The molecule has 0 saturated carbocycles. The number of guanidine groups is 1. The number of benzene rings is 1. The van der Waals surface area contributed by atoms with E-state index < -0.39 is 20.0 Å². The lowest BCUT2D eigenvalue weighted by atomic mass is 10.3. The van der Waals surface area contributed by atoms with Gasteiger partial charge in [0.15, 0.2) is 5.96 Å². The van der Waals surface area contributed by atoms with Gasteiger partial charge in [-0.1, -0.05) is 0 Å². The van der Waals surface area contributed by atoms with Gasteiger partial charge in [0.25, 0.3) is 10.0 Å². The van der Waals surface area contributed by atoms with Gasteiger partial charge in [-0.05, 0) is 24.3 Å². The Labute approximate surface area is 183 Å². The van der Waals surface area contributed by atoms with E-state index in [0.717, 1.165) is 18.3 Å². The molecule has 1 heterocycles. The Balaban J connectivity index is 1.75. The molecule has 164 valence electrons. The van der Waals surface area contributed by atoms with Crippen molar-refractivity contribution in [3.63, 3.8) is 0 Å². The first kappa shape index (κ1) is 23.9. The molecular weight excluding hydrogens is 470 g/mol. The highest BCUT2D eigenvalue weighted by Crippen LogP contribution is 2.21. The molecule has 30 heavy (non-hydrogen) atoms. The van der Waals surface area contributed by atoms with Crippen LogP contribution in [0.25, 0.3) is 0 Å². The number of nitrogens with zero attached hydrogens (tertiary/aromatic N) is 3. The maximum atomic E-state index is 12.2. The lowest BCUT2D eigenvalue weighted by Crippen LogP contribution is -2.22. The zero-order valence-corrected chi connectivity index (χ0v) is 19.1. The zero-order chi connectivity index (χ0) is 22.2. The van der Waals surface area contributed by atoms with Crippen LogP contribution in [0, 0.1) is 0 Å². The summed E-state index contributed by atoms with van der Waals surface area (Å²) in [6.07, 6.45) is 2.13. The molecule has 11 nitrogen and oxygen atoms in total. The minimum absolute atomic E-state index is 0.0116. The Morgan fingerprint density at radius 2 is 1.93 bits per heavy atom. The molecule has 0 unspecified atom stereocenters. The SMILES string of the molecule is CS(=O)(=O)Nc1ccc(S(=O)(=O)NC=NCCSCc2csc(N=C(N)N)n2)cc1. The van der Waals surface area contributed by atoms with E-state index in [9.17, 15) is 16.8 Å². The van der Waals surface area contributed by atoms with E-state index >= 15 is 0 Å². The number of aromatic nitrogens is 1. The molecule has 0 bridgehead atoms. The number of thiazole rings is 1. The molecule has 0 atom stereocenters. The average Bonchev–Trinajstić information content (AvgIpc) is 3.06. The molecule has 0 fully saturated rings. The van der Waals surface area contributed by atoms with Crippen molar-refractivity contribution in [1.82, 2.24) is 9.71 Å². The molecule has 6 N–H and O–H groups in total. The summed E-state index contributed by atoms with van der Waals surface area (Å²) >= 11 is 2.93.